The molecule has 0 aromatic rings. The Kier molecular flexibility index (Phi) is 20.6. The van der Waals surface area contributed by atoms with Crippen LogP contribution in [0.25, 0.3) is 0 Å². The highest BCUT2D eigenvalue weighted by Crippen LogP contribution is 2.31. The highest BCUT2D eigenvalue weighted by Gasteiger charge is 2.37. The average molecular weight is 705 g/mol. The number of hydrogen-bond acceptors (Lipinski definition) is 8. The minimum Gasteiger partial charge on any atom is -0.486 e. The topological polar surface area (TPSA) is 36.9 Å². The lowest BCUT2D eigenvalue weighted by Crippen LogP contribution is -2.43. The van der Waals surface area contributed by atoms with E-state index in [1.165, 1.54) is 0 Å². The fourth-order valence-electron chi connectivity index (χ4n) is 3.94. The van der Waals surface area contributed by atoms with Crippen LogP contribution in [0, 0.1) is 27.1 Å². The second-order valence-electron chi connectivity index (χ2n) is 16.2. The minimum absolute atomic E-state index is 0.204. The molecule has 4 nitrogen and oxygen atoms in total. The van der Waals surface area contributed by atoms with Gasteiger partial charge in [-0.05, 0) is 96.2 Å². The van der Waals surface area contributed by atoms with Gasteiger partial charge in [0.15, 0.2) is 20.2 Å². The van der Waals surface area contributed by atoms with Crippen LogP contribution < -0.4 is 0 Å². The first-order valence-electron chi connectivity index (χ1n) is 17.3. The van der Waals surface area contributed by atoms with E-state index in [0.29, 0.717) is 45.9 Å². The van der Waals surface area contributed by atoms with Crippen molar-refractivity contribution in [2.75, 3.05) is 26.4 Å². The minimum atomic E-state index is -0.705. The zero-order valence-corrected chi connectivity index (χ0v) is 34.3. The van der Waals surface area contributed by atoms with E-state index in [4.69, 9.17) is 67.8 Å². The summed E-state index contributed by atoms with van der Waals surface area (Å²) in [4.78, 5) is 0. The summed E-state index contributed by atoms with van der Waals surface area (Å²) in [5, 5.41) is 2.36. The van der Waals surface area contributed by atoms with Crippen LogP contribution in [-0.2, 0) is 18.9 Å². The van der Waals surface area contributed by atoms with Gasteiger partial charge in [-0.25, -0.2) is 0 Å². The molecule has 0 fully saturated rings. The summed E-state index contributed by atoms with van der Waals surface area (Å²) < 4.78 is 25.2. The Bertz CT molecular complexity index is 774. The Morgan fingerprint density at radius 3 is 0.711 bits per heavy atom. The second-order valence-corrected chi connectivity index (χ2v) is 18.0. The van der Waals surface area contributed by atoms with Crippen molar-refractivity contribution >= 4 is 69.1 Å². The molecule has 0 aliphatic heterocycles. The normalized spacial score (nSPS) is 12.9. The summed E-state index contributed by atoms with van der Waals surface area (Å²) >= 11 is 22.8. The quantitative estimate of drug-likeness (QED) is 0.0919. The lowest BCUT2D eigenvalue weighted by Gasteiger charge is -2.34. The van der Waals surface area contributed by atoms with E-state index in [2.05, 4.69) is 83.1 Å². The van der Waals surface area contributed by atoms with Gasteiger partial charge < -0.3 is 18.9 Å². The van der Waals surface area contributed by atoms with E-state index >= 15 is 0 Å². The largest absolute Gasteiger partial charge is 0.486 e. The zero-order valence-electron chi connectivity index (χ0n) is 31.1. The van der Waals surface area contributed by atoms with Gasteiger partial charge in [0.2, 0.25) is 0 Å². The molecule has 0 rings (SSSR count). The summed E-state index contributed by atoms with van der Waals surface area (Å²) in [7, 11) is 0. The van der Waals surface area contributed by atoms with Crippen LogP contribution >= 0.6 is 48.9 Å². The van der Waals surface area contributed by atoms with E-state index in [1.54, 1.807) is 0 Å². The van der Waals surface area contributed by atoms with Gasteiger partial charge in [0.05, 0.1) is 0 Å². The molecule has 0 saturated carbocycles. The lowest BCUT2D eigenvalue weighted by molar-refractivity contribution is -0.0169. The van der Waals surface area contributed by atoms with Gasteiger partial charge in [-0.1, -0.05) is 109 Å². The van der Waals surface area contributed by atoms with Gasteiger partial charge in [0.25, 0.3) is 0 Å². The standard InChI is InChI=1S/C37H68O4S4/c1-13-33(5,6)21-17-29(42)38-25-37(26-39-30(43)18-22-34(7,8)14-2,27-40-31(44)19-23-35(9,10)15-3)28-41-32(45)20-24-36(11,12)16-4/h13-28H2,1-12H3. The van der Waals surface area contributed by atoms with Gasteiger partial charge in [0.1, 0.15) is 31.8 Å². The molecular weight excluding hydrogens is 637 g/mol. The van der Waals surface area contributed by atoms with Crippen molar-refractivity contribution < 1.29 is 18.9 Å². The maximum absolute atomic E-state index is 6.30. The second kappa shape index (κ2) is 20.8. The molecule has 8 heteroatoms. The zero-order chi connectivity index (χ0) is 35.0. The first-order valence-corrected chi connectivity index (χ1v) is 18.9. The lowest BCUT2D eigenvalue weighted by atomic mass is 9.85. The Balaban J connectivity index is 5.98. The third-order valence-electron chi connectivity index (χ3n) is 10.0. The van der Waals surface area contributed by atoms with E-state index in [0.717, 1.165) is 51.4 Å². The predicted molar refractivity (Wildman–Crippen MR) is 210 cm³/mol. The average Bonchev–Trinajstić information content (AvgIpc) is 3.00. The van der Waals surface area contributed by atoms with Gasteiger partial charge >= 0.3 is 0 Å². The molecule has 264 valence electrons. The van der Waals surface area contributed by atoms with Crippen LogP contribution in [0.4, 0.5) is 0 Å². The Morgan fingerprint density at radius 1 is 0.378 bits per heavy atom. The molecule has 0 bridgehead atoms. The first-order chi connectivity index (χ1) is 20.6. The molecule has 0 spiro atoms. The highest BCUT2D eigenvalue weighted by molar-refractivity contribution is 7.80. The van der Waals surface area contributed by atoms with Crippen molar-refractivity contribution in [1.82, 2.24) is 0 Å². The Hall–Kier alpha value is -0.440. The van der Waals surface area contributed by atoms with Crippen molar-refractivity contribution in [3.05, 3.63) is 0 Å². The summed E-state index contributed by atoms with van der Waals surface area (Å²) in [6, 6.07) is 0. The molecule has 0 aliphatic rings. The first kappa shape index (κ1) is 44.6. The highest BCUT2D eigenvalue weighted by atomic mass is 32.1. The SMILES string of the molecule is CCC(C)(C)CCC(=S)OCC(COC(=S)CCC(C)(C)CC)(COC(=S)CCC(C)(C)CC)COC(=S)CCC(C)(C)CC. The summed E-state index contributed by atoms with van der Waals surface area (Å²) in [5.41, 5.74) is 0.109. The van der Waals surface area contributed by atoms with Gasteiger partial charge in [-0.2, -0.15) is 0 Å². The number of ether oxygens (including phenoxy) is 4. The fraction of sp³-hybridized carbons (Fsp3) is 0.892. The maximum atomic E-state index is 6.30. The third kappa shape index (κ3) is 21.2. The molecule has 0 aliphatic carbocycles. The summed E-state index contributed by atoms with van der Waals surface area (Å²) in [6.45, 7) is 28.0. The molecule has 0 aromatic carbocycles. The third-order valence-corrected chi connectivity index (χ3v) is 11.3. The van der Waals surface area contributed by atoms with Crippen LogP contribution in [0.1, 0.15) is 160 Å². The van der Waals surface area contributed by atoms with Crippen LogP contribution in [0.2, 0.25) is 0 Å². The molecule has 0 unspecified atom stereocenters. The van der Waals surface area contributed by atoms with Crippen LogP contribution in [0.5, 0.6) is 0 Å². The summed E-state index contributed by atoms with van der Waals surface area (Å²) in [5.74, 6) is 0. The van der Waals surface area contributed by atoms with Crippen molar-refractivity contribution in [2.45, 2.75) is 160 Å². The van der Waals surface area contributed by atoms with Crippen LogP contribution in [0.15, 0.2) is 0 Å². The van der Waals surface area contributed by atoms with Crippen molar-refractivity contribution in [3.63, 3.8) is 0 Å². The molecule has 0 radical (unpaired) electrons. The van der Waals surface area contributed by atoms with Crippen molar-refractivity contribution in [2.24, 2.45) is 27.1 Å². The molecule has 0 saturated heterocycles. The molecule has 0 amide bonds. The van der Waals surface area contributed by atoms with Crippen molar-refractivity contribution in [3.8, 4) is 0 Å². The predicted octanol–water partition coefficient (Wildman–Crippen LogP) is 12.2. The Labute approximate surface area is 300 Å². The molecule has 0 atom stereocenters. The van der Waals surface area contributed by atoms with E-state index in [-0.39, 0.29) is 48.1 Å². The number of hydrogen-bond donors (Lipinski definition) is 0. The van der Waals surface area contributed by atoms with Gasteiger partial charge in [0, 0.05) is 25.7 Å². The molecular formula is C37H68O4S4. The van der Waals surface area contributed by atoms with Gasteiger partial charge in [-0.15, -0.1) is 0 Å². The van der Waals surface area contributed by atoms with Crippen LogP contribution in [-0.4, -0.2) is 46.6 Å². The van der Waals surface area contributed by atoms with E-state index < -0.39 is 5.41 Å². The molecule has 0 aromatic heterocycles. The fourth-order valence-corrected chi connectivity index (χ4v) is 4.59. The smallest absolute Gasteiger partial charge is 0.159 e. The van der Waals surface area contributed by atoms with E-state index in [9.17, 15) is 0 Å². The van der Waals surface area contributed by atoms with Gasteiger partial charge in [-0.3, -0.25) is 0 Å². The van der Waals surface area contributed by atoms with Crippen molar-refractivity contribution in [1.29, 1.82) is 0 Å². The Morgan fingerprint density at radius 2 is 0.556 bits per heavy atom. The maximum Gasteiger partial charge on any atom is 0.159 e. The number of rotatable bonds is 24. The molecule has 45 heavy (non-hydrogen) atoms. The molecule has 0 N–H and O–H groups in total. The molecule has 0 heterocycles. The number of thiocarbonyl (C=S) groups is 4. The van der Waals surface area contributed by atoms with E-state index in [1.807, 2.05) is 0 Å². The monoisotopic (exact) mass is 704 g/mol. The summed E-state index contributed by atoms with van der Waals surface area (Å²) in [6.07, 6.45) is 11.1. The van der Waals surface area contributed by atoms with Crippen LogP contribution in [0.3, 0.4) is 0 Å².